The van der Waals surface area contributed by atoms with Crippen LogP contribution in [0.1, 0.15) is 19.3 Å². The summed E-state index contributed by atoms with van der Waals surface area (Å²) in [5.74, 6) is 7.94. The van der Waals surface area contributed by atoms with Gasteiger partial charge >= 0.3 is 0 Å². The summed E-state index contributed by atoms with van der Waals surface area (Å²) in [6.07, 6.45) is 8.70. The van der Waals surface area contributed by atoms with Gasteiger partial charge < -0.3 is 5.11 Å². The summed E-state index contributed by atoms with van der Waals surface area (Å²) in [4.78, 5) is 0. The van der Waals surface area contributed by atoms with Crippen LogP contribution in [-0.4, -0.2) is 11.2 Å². The van der Waals surface area contributed by atoms with Gasteiger partial charge in [0.1, 0.15) is 0 Å². The second-order valence-corrected chi connectivity index (χ2v) is 8.53. The molecule has 0 radical (unpaired) electrons. The Bertz CT molecular complexity index is 562. The minimum atomic E-state index is -0.307. The third-order valence-electron chi connectivity index (χ3n) is 8.50. The van der Waals surface area contributed by atoms with Crippen molar-refractivity contribution in [1.29, 1.82) is 5.26 Å². The zero-order valence-corrected chi connectivity index (χ0v) is 11.6. The Morgan fingerprint density at radius 3 is 2.05 bits per heavy atom. The van der Waals surface area contributed by atoms with Gasteiger partial charge in [0, 0.05) is 0 Å². The van der Waals surface area contributed by atoms with Gasteiger partial charge in [0.25, 0.3) is 0 Å². The van der Waals surface area contributed by atoms with Gasteiger partial charge in [-0.25, -0.2) is 0 Å². The Morgan fingerprint density at radius 2 is 1.40 bits per heavy atom. The summed E-state index contributed by atoms with van der Waals surface area (Å²) < 4.78 is 0. The molecule has 20 heavy (non-hydrogen) atoms. The van der Waals surface area contributed by atoms with E-state index in [1.165, 1.54) is 12.8 Å². The van der Waals surface area contributed by atoms with E-state index in [-0.39, 0.29) is 12.0 Å². The van der Waals surface area contributed by atoms with Gasteiger partial charge in [0.2, 0.25) is 0 Å². The lowest BCUT2D eigenvalue weighted by atomic mass is 9.59. The van der Waals surface area contributed by atoms with Crippen molar-refractivity contribution in [1.82, 2.24) is 0 Å². The van der Waals surface area contributed by atoms with Crippen molar-refractivity contribution in [3.05, 3.63) is 12.2 Å². The molecule has 2 heteroatoms. The Kier molecular flexibility index (Phi) is 1.72. The Labute approximate surface area is 119 Å². The standard InChI is InChI=1S/C18H21NO/c19-6-13-9-4-12(18(13)20)17-11-5-10(16(9)17)14-7-1-2-8(3-7)15(11)14/h1-2,7-18,20H,3-5H2. The number of allylic oxidation sites excluding steroid dienone is 2. The van der Waals surface area contributed by atoms with Crippen molar-refractivity contribution in [3.63, 3.8) is 0 Å². The van der Waals surface area contributed by atoms with Crippen LogP contribution in [0.5, 0.6) is 0 Å². The van der Waals surface area contributed by atoms with Crippen molar-refractivity contribution in [2.75, 3.05) is 0 Å². The van der Waals surface area contributed by atoms with E-state index in [1.807, 2.05) is 0 Å². The molecule has 5 saturated carbocycles. The third-order valence-corrected chi connectivity index (χ3v) is 8.50. The minimum absolute atomic E-state index is 0.0480. The number of fused-ring (bicyclic) bond motifs is 16. The number of hydrogen-bond acceptors (Lipinski definition) is 2. The van der Waals surface area contributed by atoms with E-state index in [2.05, 4.69) is 18.2 Å². The highest BCUT2D eigenvalue weighted by atomic mass is 16.3. The fourth-order valence-electron chi connectivity index (χ4n) is 8.41. The summed E-state index contributed by atoms with van der Waals surface area (Å²) in [5, 5.41) is 19.9. The van der Waals surface area contributed by atoms with Crippen molar-refractivity contribution < 1.29 is 5.11 Å². The number of rotatable bonds is 0. The average molecular weight is 267 g/mol. The topological polar surface area (TPSA) is 44.0 Å². The van der Waals surface area contributed by atoms with E-state index in [0.29, 0.717) is 11.8 Å². The maximum Gasteiger partial charge on any atom is 0.0756 e. The smallest absolute Gasteiger partial charge is 0.0756 e. The molecule has 0 aromatic heterocycles. The van der Waals surface area contributed by atoms with Gasteiger partial charge in [-0.2, -0.15) is 5.26 Å². The molecule has 2 nitrogen and oxygen atoms in total. The highest BCUT2D eigenvalue weighted by molar-refractivity contribution is 5.26. The second-order valence-electron chi connectivity index (χ2n) is 8.53. The van der Waals surface area contributed by atoms with Gasteiger partial charge in [0.05, 0.1) is 18.1 Å². The zero-order valence-electron chi connectivity index (χ0n) is 11.6. The van der Waals surface area contributed by atoms with Gasteiger partial charge in [-0.05, 0) is 78.4 Å². The third kappa shape index (κ3) is 0.915. The first-order valence-corrected chi connectivity index (χ1v) is 8.55. The molecule has 0 aromatic rings. The molecule has 12 atom stereocenters. The van der Waals surface area contributed by atoms with Crippen LogP contribution < -0.4 is 0 Å². The van der Waals surface area contributed by atoms with Crippen molar-refractivity contribution >= 4 is 0 Å². The molecular weight excluding hydrogens is 246 g/mol. The van der Waals surface area contributed by atoms with Gasteiger partial charge in [-0.3, -0.25) is 0 Å². The Balaban J connectivity index is 1.44. The van der Waals surface area contributed by atoms with Crippen molar-refractivity contribution in [2.24, 2.45) is 65.1 Å². The first-order chi connectivity index (χ1) is 9.79. The number of aliphatic hydroxyl groups excluding tert-OH is 1. The molecule has 0 aromatic carbocycles. The van der Waals surface area contributed by atoms with Crippen molar-refractivity contribution in [3.8, 4) is 6.07 Å². The number of aliphatic hydroxyl groups is 1. The highest BCUT2D eigenvalue weighted by Crippen LogP contribution is 2.76. The Morgan fingerprint density at radius 1 is 0.800 bits per heavy atom. The number of nitrogens with zero attached hydrogens (tertiary/aromatic N) is 1. The zero-order chi connectivity index (χ0) is 13.2. The van der Waals surface area contributed by atoms with Gasteiger partial charge in [0.15, 0.2) is 0 Å². The molecule has 0 aliphatic heterocycles. The van der Waals surface area contributed by atoms with Crippen LogP contribution in [0.25, 0.3) is 0 Å². The molecule has 6 rings (SSSR count). The maximum absolute atomic E-state index is 10.5. The number of nitriles is 1. The van der Waals surface area contributed by atoms with Crippen molar-refractivity contribution in [2.45, 2.75) is 25.4 Å². The van der Waals surface area contributed by atoms with Crippen LogP contribution in [0.15, 0.2) is 12.2 Å². The van der Waals surface area contributed by atoms with Crippen LogP contribution in [0.2, 0.25) is 0 Å². The summed E-state index contributed by atoms with van der Waals surface area (Å²) >= 11 is 0. The van der Waals surface area contributed by atoms with E-state index in [0.717, 1.165) is 53.8 Å². The SMILES string of the molecule is N#CC1C(O)C2CC1C1C3CC(C4C5C=CC(C5)C34)C21. The summed E-state index contributed by atoms with van der Waals surface area (Å²) in [5.41, 5.74) is 0. The maximum atomic E-state index is 10.5. The van der Waals surface area contributed by atoms with Crippen LogP contribution in [0, 0.1) is 76.4 Å². The molecular formula is C18H21NO. The van der Waals surface area contributed by atoms with E-state index < -0.39 is 0 Å². The monoisotopic (exact) mass is 267 g/mol. The molecule has 0 heterocycles. The first kappa shape index (κ1) is 10.9. The lowest BCUT2D eigenvalue weighted by molar-refractivity contribution is -0.0295. The summed E-state index contributed by atoms with van der Waals surface area (Å²) in [6, 6.07) is 2.45. The van der Waals surface area contributed by atoms with Gasteiger partial charge in [-0.1, -0.05) is 12.2 Å². The van der Waals surface area contributed by atoms with E-state index in [9.17, 15) is 10.4 Å². The van der Waals surface area contributed by atoms with E-state index >= 15 is 0 Å². The highest BCUT2D eigenvalue weighted by Gasteiger charge is 2.72. The predicted molar refractivity (Wildman–Crippen MR) is 73.0 cm³/mol. The number of hydrogen-bond donors (Lipinski definition) is 1. The fourth-order valence-corrected chi connectivity index (χ4v) is 8.41. The lowest BCUT2D eigenvalue weighted by Gasteiger charge is -2.46. The molecule has 0 saturated heterocycles. The normalized spacial score (nSPS) is 70.4. The quantitative estimate of drug-likeness (QED) is 0.541. The molecule has 12 unspecified atom stereocenters. The molecule has 6 aliphatic rings. The molecule has 0 amide bonds. The lowest BCUT2D eigenvalue weighted by Crippen LogP contribution is -2.46. The molecule has 104 valence electrons. The fraction of sp³-hybridized carbons (Fsp3) is 0.833. The average Bonchev–Trinajstić information content (AvgIpc) is 3.23. The predicted octanol–water partition coefficient (Wildman–Crippen LogP) is 2.46. The minimum Gasteiger partial charge on any atom is -0.391 e. The largest absolute Gasteiger partial charge is 0.391 e. The Hall–Kier alpha value is -0.810. The summed E-state index contributed by atoms with van der Waals surface area (Å²) in [6.45, 7) is 0. The van der Waals surface area contributed by atoms with Crippen LogP contribution in [-0.2, 0) is 0 Å². The van der Waals surface area contributed by atoms with E-state index in [4.69, 9.17) is 0 Å². The first-order valence-electron chi connectivity index (χ1n) is 8.55. The molecule has 0 spiro atoms. The summed E-state index contributed by atoms with van der Waals surface area (Å²) in [7, 11) is 0. The van der Waals surface area contributed by atoms with Gasteiger partial charge in [-0.15, -0.1) is 0 Å². The molecule has 5 fully saturated rings. The molecule has 6 aliphatic carbocycles. The van der Waals surface area contributed by atoms with Crippen LogP contribution in [0.3, 0.4) is 0 Å². The van der Waals surface area contributed by atoms with Crippen LogP contribution in [0.4, 0.5) is 0 Å². The van der Waals surface area contributed by atoms with Crippen LogP contribution >= 0.6 is 0 Å². The molecule has 1 N–H and O–H groups in total. The molecule has 6 bridgehead atoms. The second kappa shape index (κ2) is 3.17. The van der Waals surface area contributed by atoms with E-state index in [1.54, 1.807) is 0 Å².